The average Bonchev–Trinajstić information content (AvgIpc) is 2.99. The SMILES string of the molecule is COc1ccc([C@H]2NC(=O)c3oc4ccc(F)cc4c(=O)c32)cc1OC. The summed E-state index contributed by atoms with van der Waals surface area (Å²) in [4.78, 5) is 25.2. The summed E-state index contributed by atoms with van der Waals surface area (Å²) in [7, 11) is 3.01. The van der Waals surface area contributed by atoms with E-state index in [-0.39, 0.29) is 22.3 Å². The van der Waals surface area contributed by atoms with E-state index in [0.29, 0.717) is 17.1 Å². The summed E-state index contributed by atoms with van der Waals surface area (Å²) in [5, 5.41) is 2.82. The van der Waals surface area contributed by atoms with Gasteiger partial charge in [-0.15, -0.1) is 0 Å². The second-order valence-corrected chi connectivity index (χ2v) is 5.84. The highest BCUT2D eigenvalue weighted by Gasteiger charge is 2.36. The first-order valence-corrected chi connectivity index (χ1v) is 7.82. The minimum absolute atomic E-state index is 0.0612. The van der Waals surface area contributed by atoms with Crippen LogP contribution >= 0.6 is 0 Å². The number of ether oxygens (including phenoxy) is 2. The van der Waals surface area contributed by atoms with E-state index in [4.69, 9.17) is 13.9 Å². The molecule has 4 rings (SSSR count). The molecule has 132 valence electrons. The van der Waals surface area contributed by atoms with Crippen molar-refractivity contribution in [2.75, 3.05) is 14.2 Å². The number of carbonyl (C=O) groups excluding carboxylic acids is 1. The number of nitrogens with one attached hydrogen (secondary N) is 1. The first-order chi connectivity index (χ1) is 12.5. The van der Waals surface area contributed by atoms with Gasteiger partial charge in [0.2, 0.25) is 5.76 Å². The fourth-order valence-corrected chi connectivity index (χ4v) is 3.16. The molecule has 6 nitrogen and oxygen atoms in total. The Morgan fingerprint density at radius 1 is 1.04 bits per heavy atom. The highest BCUT2D eigenvalue weighted by molar-refractivity contribution is 5.99. The zero-order chi connectivity index (χ0) is 18.4. The van der Waals surface area contributed by atoms with E-state index in [0.717, 1.165) is 6.07 Å². The molecular weight excluding hydrogens is 341 g/mol. The Kier molecular flexibility index (Phi) is 3.64. The quantitative estimate of drug-likeness (QED) is 0.782. The maximum atomic E-state index is 13.6. The summed E-state index contributed by atoms with van der Waals surface area (Å²) in [5.74, 6) is -0.126. The van der Waals surface area contributed by atoms with Gasteiger partial charge in [0.25, 0.3) is 5.91 Å². The summed E-state index contributed by atoms with van der Waals surface area (Å²) in [6, 6.07) is 7.97. The van der Waals surface area contributed by atoms with Gasteiger partial charge in [-0.3, -0.25) is 9.59 Å². The van der Waals surface area contributed by atoms with E-state index in [1.54, 1.807) is 18.2 Å². The Hall–Kier alpha value is -3.35. The van der Waals surface area contributed by atoms with Crippen molar-refractivity contribution in [1.29, 1.82) is 0 Å². The van der Waals surface area contributed by atoms with Crippen molar-refractivity contribution in [1.82, 2.24) is 5.32 Å². The normalized spacial score (nSPS) is 15.7. The molecule has 1 amide bonds. The van der Waals surface area contributed by atoms with Gasteiger partial charge in [-0.1, -0.05) is 6.07 Å². The van der Waals surface area contributed by atoms with Crippen LogP contribution in [0.2, 0.25) is 0 Å². The van der Waals surface area contributed by atoms with Crippen LogP contribution in [0.5, 0.6) is 11.5 Å². The lowest BCUT2D eigenvalue weighted by molar-refractivity contribution is 0.0938. The van der Waals surface area contributed by atoms with Crippen molar-refractivity contribution in [3.05, 3.63) is 69.3 Å². The van der Waals surface area contributed by atoms with Gasteiger partial charge in [0.15, 0.2) is 16.9 Å². The molecule has 26 heavy (non-hydrogen) atoms. The molecule has 1 aliphatic rings. The van der Waals surface area contributed by atoms with Gasteiger partial charge < -0.3 is 19.2 Å². The highest BCUT2D eigenvalue weighted by Crippen LogP contribution is 2.35. The zero-order valence-electron chi connectivity index (χ0n) is 14.0. The fourth-order valence-electron chi connectivity index (χ4n) is 3.16. The van der Waals surface area contributed by atoms with Crippen LogP contribution in [0.3, 0.4) is 0 Å². The number of rotatable bonds is 3. The predicted octanol–water partition coefficient (Wildman–Crippen LogP) is 2.78. The van der Waals surface area contributed by atoms with Crippen LogP contribution in [0, 0.1) is 5.82 Å². The van der Waals surface area contributed by atoms with Crippen molar-refractivity contribution in [2.45, 2.75) is 6.04 Å². The van der Waals surface area contributed by atoms with Crippen LogP contribution in [0.1, 0.15) is 27.7 Å². The van der Waals surface area contributed by atoms with Crippen LogP contribution in [0.15, 0.2) is 45.6 Å². The molecule has 2 aromatic carbocycles. The van der Waals surface area contributed by atoms with Crippen LogP contribution in [0.25, 0.3) is 11.0 Å². The number of methoxy groups -OCH3 is 2. The minimum atomic E-state index is -0.721. The van der Waals surface area contributed by atoms with E-state index in [1.807, 2.05) is 0 Å². The molecule has 0 aliphatic carbocycles. The second kappa shape index (κ2) is 5.87. The molecule has 0 unspecified atom stereocenters. The first kappa shape index (κ1) is 16.1. The van der Waals surface area contributed by atoms with Crippen LogP contribution in [0.4, 0.5) is 4.39 Å². The molecule has 3 aromatic rings. The van der Waals surface area contributed by atoms with Crippen molar-refractivity contribution in [2.24, 2.45) is 0 Å². The lowest BCUT2D eigenvalue weighted by Crippen LogP contribution is -2.22. The molecule has 0 spiro atoms. The molecule has 1 N–H and O–H groups in total. The predicted molar refractivity (Wildman–Crippen MR) is 91.3 cm³/mol. The van der Waals surface area contributed by atoms with Gasteiger partial charge in [0.05, 0.1) is 31.2 Å². The molecule has 1 aromatic heterocycles. The summed E-state index contributed by atoms with van der Waals surface area (Å²) in [5.41, 5.74) is 0.496. The van der Waals surface area contributed by atoms with E-state index < -0.39 is 23.2 Å². The summed E-state index contributed by atoms with van der Waals surface area (Å²) in [6.07, 6.45) is 0. The van der Waals surface area contributed by atoms with E-state index in [1.165, 1.54) is 26.4 Å². The summed E-state index contributed by atoms with van der Waals surface area (Å²) >= 11 is 0. The number of hydrogen-bond donors (Lipinski definition) is 1. The lowest BCUT2D eigenvalue weighted by Gasteiger charge is -2.14. The van der Waals surface area contributed by atoms with Crippen LogP contribution < -0.4 is 20.2 Å². The number of fused-ring (bicyclic) bond motifs is 2. The third kappa shape index (κ3) is 2.32. The molecule has 0 radical (unpaired) electrons. The monoisotopic (exact) mass is 355 g/mol. The van der Waals surface area contributed by atoms with Gasteiger partial charge >= 0.3 is 0 Å². The molecule has 7 heteroatoms. The standard InChI is InChI=1S/C19H14FNO5/c1-24-13-5-3-9(7-14(13)25-2)16-15-17(22)11-8-10(20)4-6-12(11)26-18(15)19(23)21-16/h3-8,16H,1-2H3,(H,21,23)/t16-/m1/s1. The van der Waals surface area contributed by atoms with Crippen molar-refractivity contribution >= 4 is 16.9 Å². The second-order valence-electron chi connectivity index (χ2n) is 5.84. The number of benzene rings is 2. The van der Waals surface area contributed by atoms with Crippen LogP contribution in [-0.4, -0.2) is 20.1 Å². The molecule has 1 aliphatic heterocycles. The maximum Gasteiger partial charge on any atom is 0.288 e. The largest absolute Gasteiger partial charge is 0.493 e. The first-order valence-electron chi connectivity index (χ1n) is 7.82. The molecule has 2 heterocycles. The zero-order valence-corrected chi connectivity index (χ0v) is 14.0. The number of amides is 1. The van der Waals surface area contributed by atoms with E-state index in [9.17, 15) is 14.0 Å². The molecule has 0 fully saturated rings. The summed E-state index contributed by atoms with van der Waals surface area (Å²) < 4.78 is 29.6. The topological polar surface area (TPSA) is 77.8 Å². The van der Waals surface area contributed by atoms with Gasteiger partial charge in [-0.05, 0) is 35.9 Å². The Morgan fingerprint density at radius 3 is 2.54 bits per heavy atom. The van der Waals surface area contributed by atoms with Crippen molar-refractivity contribution in [3.63, 3.8) is 0 Å². The van der Waals surface area contributed by atoms with E-state index in [2.05, 4.69) is 5.32 Å². The van der Waals surface area contributed by atoms with Crippen molar-refractivity contribution in [3.8, 4) is 11.5 Å². The minimum Gasteiger partial charge on any atom is -0.493 e. The molecule has 0 saturated carbocycles. The van der Waals surface area contributed by atoms with Gasteiger partial charge in [0, 0.05) is 0 Å². The Labute approximate surface area is 147 Å². The Bertz CT molecular complexity index is 1110. The number of carbonyl (C=O) groups is 1. The van der Waals surface area contributed by atoms with Gasteiger partial charge in [0.1, 0.15) is 11.4 Å². The smallest absolute Gasteiger partial charge is 0.288 e. The maximum absolute atomic E-state index is 13.6. The van der Waals surface area contributed by atoms with Crippen LogP contribution in [-0.2, 0) is 0 Å². The molecular formula is C19H14FNO5. The molecule has 1 atom stereocenters. The third-order valence-corrected chi connectivity index (χ3v) is 4.40. The highest BCUT2D eigenvalue weighted by atomic mass is 19.1. The van der Waals surface area contributed by atoms with Crippen molar-refractivity contribution < 1.29 is 23.1 Å². The number of halogens is 1. The lowest BCUT2D eigenvalue weighted by atomic mass is 9.99. The Balaban J connectivity index is 1.93. The van der Waals surface area contributed by atoms with Gasteiger partial charge in [-0.2, -0.15) is 0 Å². The Morgan fingerprint density at radius 2 is 1.81 bits per heavy atom. The van der Waals surface area contributed by atoms with Gasteiger partial charge in [-0.25, -0.2) is 4.39 Å². The summed E-state index contributed by atoms with van der Waals surface area (Å²) in [6.45, 7) is 0. The molecule has 0 saturated heterocycles. The van der Waals surface area contributed by atoms with E-state index >= 15 is 0 Å². The number of hydrogen-bond acceptors (Lipinski definition) is 5. The third-order valence-electron chi connectivity index (χ3n) is 4.40. The molecule has 0 bridgehead atoms. The average molecular weight is 355 g/mol. The fraction of sp³-hybridized carbons (Fsp3) is 0.158.